The molecule has 0 aromatic heterocycles. The fourth-order valence-electron chi connectivity index (χ4n) is 15.4. The Morgan fingerprint density at radius 3 is 0.402 bits per heavy atom. The molecule has 2 aliphatic rings. The molecule has 0 unspecified atom stereocenters. The number of rotatable bonds is 84. The molecular formula is C102H204O20. The summed E-state index contributed by atoms with van der Waals surface area (Å²) in [6, 6.07) is 0. The Morgan fingerprint density at radius 1 is 0.213 bits per heavy atom. The summed E-state index contributed by atoms with van der Waals surface area (Å²) in [6.45, 7) is 10.4. The van der Waals surface area contributed by atoms with Crippen molar-refractivity contribution in [1.29, 1.82) is 0 Å². The Kier molecular flexibility index (Phi) is 113. The number of aliphatic hydroxyl groups excluding tert-OH is 8. The van der Waals surface area contributed by atoms with Gasteiger partial charge in [-0.1, -0.05) is 484 Å². The quantitative estimate of drug-likeness (QED) is 0.0252. The maximum absolute atomic E-state index is 10.3. The lowest BCUT2D eigenvalue weighted by atomic mass is 10.0. The van der Waals surface area contributed by atoms with Crippen LogP contribution in [-0.4, -0.2) is 171 Å². The van der Waals surface area contributed by atoms with Crippen molar-refractivity contribution in [3.05, 3.63) is 0 Å². The third kappa shape index (κ3) is 109. The Bertz CT molecular complexity index is 1770. The van der Waals surface area contributed by atoms with Crippen molar-refractivity contribution in [2.75, 3.05) is 26.4 Å². The number of hydrogen-bond donors (Lipinski definition) is 13. The van der Waals surface area contributed by atoms with Gasteiger partial charge in [0, 0.05) is 32.1 Å². The minimum absolute atomic E-state index is 0.00287. The van der Waals surface area contributed by atoms with Crippen LogP contribution >= 0.6 is 0 Å². The van der Waals surface area contributed by atoms with E-state index in [2.05, 4.69) is 34.6 Å². The van der Waals surface area contributed by atoms with Gasteiger partial charge in [0.2, 0.25) is 0 Å². The highest BCUT2D eigenvalue weighted by Crippen LogP contribution is 2.23. The lowest BCUT2D eigenvalue weighted by Gasteiger charge is -2.18. The zero-order chi connectivity index (χ0) is 91.3. The molecule has 0 aliphatic carbocycles. The normalized spacial score (nSPS) is 16.3. The highest BCUT2D eigenvalue weighted by Gasteiger charge is 2.40. The van der Waals surface area contributed by atoms with E-state index in [-0.39, 0.29) is 13.2 Å². The van der Waals surface area contributed by atoms with Gasteiger partial charge in [0.25, 0.3) is 0 Å². The maximum Gasteiger partial charge on any atom is 0.303 e. The van der Waals surface area contributed by atoms with Gasteiger partial charge in [-0.2, -0.15) is 0 Å². The van der Waals surface area contributed by atoms with Crippen LogP contribution in [0.3, 0.4) is 0 Å². The molecule has 0 bridgehead atoms. The van der Waals surface area contributed by atoms with Crippen LogP contribution in [0.25, 0.3) is 0 Å². The van der Waals surface area contributed by atoms with Crippen LogP contribution in [0.1, 0.15) is 548 Å². The summed E-state index contributed by atoms with van der Waals surface area (Å²) < 4.78 is 9.64. The van der Waals surface area contributed by atoms with E-state index in [0.717, 1.165) is 64.2 Å². The summed E-state index contributed by atoms with van der Waals surface area (Å²) in [6.07, 6.45) is 92.9. The molecule has 2 aliphatic heterocycles. The molecule has 20 heteroatoms. The summed E-state index contributed by atoms with van der Waals surface area (Å²) in [5.74, 6) is -3.27. The van der Waals surface area contributed by atoms with Crippen LogP contribution in [0.5, 0.6) is 0 Å². The molecule has 0 radical (unpaired) electrons. The van der Waals surface area contributed by atoms with E-state index in [1.807, 2.05) is 0 Å². The van der Waals surface area contributed by atoms with Crippen molar-refractivity contribution < 1.29 is 99.8 Å². The second kappa shape index (κ2) is 108. The third-order valence-corrected chi connectivity index (χ3v) is 23.5. The van der Waals surface area contributed by atoms with Gasteiger partial charge in [0.05, 0.1) is 26.4 Å². The Labute approximate surface area is 749 Å². The van der Waals surface area contributed by atoms with Gasteiger partial charge in [0.1, 0.15) is 48.8 Å². The van der Waals surface area contributed by atoms with Gasteiger partial charge in [-0.25, -0.2) is 0 Å². The standard InChI is InChI=1S/5C18H36O2.2C6H12O5/c5*1-2-3-4-5-6-7-8-9-10-11-12-13-14-15-16-17-18(19)20;2*7-1-3(8)6-5(10)4(9)2-11-6/h5*2-17H2,1H3,(H,19,20);2*3-10H,1-2H2/t;;;;;2*3-,4+,5-,6-/m.....11/s1. The van der Waals surface area contributed by atoms with E-state index in [0.29, 0.717) is 32.1 Å². The number of carbonyl (C=O) groups is 5. The summed E-state index contributed by atoms with van der Waals surface area (Å²) in [5.41, 5.74) is 0. The predicted octanol–water partition coefficient (Wildman–Crippen LogP) is 26.6. The van der Waals surface area contributed by atoms with Crippen molar-refractivity contribution in [1.82, 2.24) is 0 Å². The van der Waals surface area contributed by atoms with E-state index in [1.165, 1.54) is 417 Å². The number of ether oxygens (including phenoxy) is 2. The summed E-state index contributed by atoms with van der Waals surface area (Å²) in [4.78, 5) is 51.7. The molecule has 13 N–H and O–H groups in total. The van der Waals surface area contributed by atoms with E-state index >= 15 is 0 Å². The first-order valence-corrected chi connectivity index (χ1v) is 51.8. The van der Waals surface area contributed by atoms with E-state index in [1.54, 1.807) is 0 Å². The molecule has 0 spiro atoms. The molecular weight excluding hydrogens is 1550 g/mol. The first-order chi connectivity index (χ1) is 59.2. The Morgan fingerprint density at radius 2 is 0.320 bits per heavy atom. The Hall–Kier alpha value is -3.05. The highest BCUT2D eigenvalue weighted by atomic mass is 16.6. The fraction of sp³-hybridized carbons (Fsp3) is 0.951. The molecule has 8 atom stereocenters. The summed E-state index contributed by atoms with van der Waals surface area (Å²) >= 11 is 0. The van der Waals surface area contributed by atoms with Crippen LogP contribution < -0.4 is 0 Å². The lowest BCUT2D eigenvalue weighted by molar-refractivity contribution is -0.138. The molecule has 2 rings (SSSR count). The predicted molar refractivity (Wildman–Crippen MR) is 506 cm³/mol. The molecule has 122 heavy (non-hydrogen) atoms. The third-order valence-electron chi connectivity index (χ3n) is 23.5. The average molecular weight is 1750 g/mol. The van der Waals surface area contributed by atoms with Crippen molar-refractivity contribution in [2.24, 2.45) is 0 Å². The van der Waals surface area contributed by atoms with Crippen LogP contribution in [0.15, 0.2) is 0 Å². The van der Waals surface area contributed by atoms with Crippen LogP contribution in [0, 0.1) is 0 Å². The first-order valence-electron chi connectivity index (χ1n) is 51.8. The molecule has 2 heterocycles. The Balaban J connectivity index is -0.000000441. The molecule has 0 aromatic rings. The molecule has 0 amide bonds. The van der Waals surface area contributed by atoms with Crippen molar-refractivity contribution in [2.45, 2.75) is 597 Å². The molecule has 2 fully saturated rings. The van der Waals surface area contributed by atoms with Crippen LogP contribution in [-0.2, 0) is 33.4 Å². The van der Waals surface area contributed by atoms with Crippen LogP contribution in [0.4, 0.5) is 0 Å². The monoisotopic (exact) mass is 1750 g/mol. The van der Waals surface area contributed by atoms with Gasteiger partial charge < -0.3 is 75.9 Å². The number of carboxylic acids is 5. The summed E-state index contributed by atoms with van der Waals surface area (Å²) in [7, 11) is 0. The van der Waals surface area contributed by atoms with Crippen molar-refractivity contribution in [3.63, 3.8) is 0 Å². The fourth-order valence-corrected chi connectivity index (χ4v) is 15.4. The number of aliphatic carboxylic acids is 5. The molecule has 732 valence electrons. The maximum atomic E-state index is 10.3. The van der Waals surface area contributed by atoms with Crippen molar-refractivity contribution in [3.8, 4) is 0 Å². The topological polar surface area (TPSA) is 367 Å². The van der Waals surface area contributed by atoms with E-state index in [9.17, 15) is 24.0 Å². The summed E-state index contributed by atoms with van der Waals surface area (Å²) in [5, 5.41) is 114. The second-order valence-electron chi connectivity index (χ2n) is 35.7. The van der Waals surface area contributed by atoms with E-state index < -0.39 is 91.9 Å². The second-order valence-corrected chi connectivity index (χ2v) is 35.7. The number of hydrogen-bond acceptors (Lipinski definition) is 15. The number of unbranched alkanes of at least 4 members (excludes halogenated alkanes) is 70. The minimum Gasteiger partial charge on any atom is -0.481 e. The number of aliphatic hydroxyl groups is 8. The smallest absolute Gasteiger partial charge is 0.303 e. The highest BCUT2D eigenvalue weighted by molar-refractivity contribution is 5.67. The molecule has 0 aromatic carbocycles. The number of carboxylic acid groups (broad SMARTS) is 5. The molecule has 0 saturated carbocycles. The average Bonchev–Trinajstić information content (AvgIpc) is 1.73. The zero-order valence-corrected chi connectivity index (χ0v) is 80.2. The minimum atomic E-state index is -1.12. The largest absolute Gasteiger partial charge is 0.481 e. The van der Waals surface area contributed by atoms with E-state index in [4.69, 9.17) is 75.9 Å². The van der Waals surface area contributed by atoms with Gasteiger partial charge in [0.15, 0.2) is 0 Å². The van der Waals surface area contributed by atoms with Crippen molar-refractivity contribution >= 4 is 29.8 Å². The first kappa shape index (κ1) is 127. The lowest BCUT2D eigenvalue weighted by Crippen LogP contribution is -2.40. The zero-order valence-electron chi connectivity index (χ0n) is 80.2. The molecule has 2 saturated heterocycles. The van der Waals surface area contributed by atoms with Gasteiger partial charge in [-0.15, -0.1) is 0 Å². The molecule has 20 nitrogen and oxygen atoms in total. The van der Waals surface area contributed by atoms with Gasteiger partial charge in [-0.3, -0.25) is 24.0 Å². The van der Waals surface area contributed by atoms with Gasteiger partial charge >= 0.3 is 29.8 Å². The van der Waals surface area contributed by atoms with Gasteiger partial charge in [-0.05, 0) is 32.1 Å². The van der Waals surface area contributed by atoms with Crippen LogP contribution in [0.2, 0.25) is 0 Å². The SMILES string of the molecule is CCCCCCCCCCCCCCCCCC(=O)O.CCCCCCCCCCCCCCCCCC(=O)O.CCCCCCCCCCCCCCCCCC(=O)O.CCCCCCCCCCCCCCCCCC(=O)O.CCCCCCCCCCCCCCCCCC(=O)O.OC[C@@H](O)[C@H]1OC[C@H](O)[C@H]1O.OC[C@@H](O)[C@H]1OC[C@H](O)[C@H]1O.